The van der Waals surface area contributed by atoms with Crippen LogP contribution in [0.1, 0.15) is 92.9 Å². The molecule has 1 heterocycles. The summed E-state index contributed by atoms with van der Waals surface area (Å²) in [5.41, 5.74) is 0. The van der Waals surface area contributed by atoms with Gasteiger partial charge in [-0.05, 0) is 73.6 Å². The third kappa shape index (κ3) is 26.2. The Balaban J connectivity index is 0. The SMILES string of the molecule is CC(C)OCCCC(=O)N(C)C.CC(C)OCCCC(=O)N1CCCC1.CON(C)C(=O)CCCOC(C)C. The zero-order chi connectivity index (χ0) is 30.2. The smallest absolute Gasteiger partial charge is 0.245 e. The number of carbonyl (C=O) groups is 3. The molecule has 1 fully saturated rings. The number of rotatable bonds is 16. The van der Waals surface area contributed by atoms with Gasteiger partial charge < -0.3 is 24.0 Å². The van der Waals surface area contributed by atoms with Crippen LogP contribution in [0.4, 0.5) is 0 Å². The Morgan fingerprint density at radius 3 is 1.41 bits per heavy atom. The summed E-state index contributed by atoms with van der Waals surface area (Å²) in [6.45, 7) is 15.9. The Bertz CT molecular complexity index is 622. The first-order valence-corrected chi connectivity index (χ1v) is 14.4. The molecule has 0 saturated carbocycles. The highest BCUT2D eigenvalue weighted by Crippen LogP contribution is 2.10. The summed E-state index contributed by atoms with van der Waals surface area (Å²) in [4.78, 5) is 42.1. The minimum absolute atomic E-state index is 0.0187. The van der Waals surface area contributed by atoms with E-state index in [1.807, 2.05) is 46.4 Å². The molecule has 0 aromatic heterocycles. The van der Waals surface area contributed by atoms with Crippen LogP contribution in [0.15, 0.2) is 0 Å². The summed E-state index contributed by atoms with van der Waals surface area (Å²) in [7, 11) is 6.62. The first-order valence-electron chi connectivity index (χ1n) is 14.4. The third-order valence-corrected chi connectivity index (χ3v) is 5.54. The van der Waals surface area contributed by atoms with Gasteiger partial charge in [0.15, 0.2) is 0 Å². The highest BCUT2D eigenvalue weighted by atomic mass is 16.7. The highest BCUT2D eigenvalue weighted by molar-refractivity contribution is 5.76. The first kappa shape index (κ1) is 39.4. The molecule has 10 heteroatoms. The number of carbonyl (C=O) groups excluding carboxylic acids is 3. The number of hydrogen-bond acceptors (Lipinski definition) is 7. The molecule has 39 heavy (non-hydrogen) atoms. The molecule has 0 N–H and O–H groups in total. The van der Waals surface area contributed by atoms with Gasteiger partial charge in [0.05, 0.1) is 25.4 Å². The molecular formula is C29H59N3O7. The minimum atomic E-state index is -0.0187. The van der Waals surface area contributed by atoms with Gasteiger partial charge in [-0.15, -0.1) is 0 Å². The van der Waals surface area contributed by atoms with Gasteiger partial charge in [0.25, 0.3) is 0 Å². The van der Waals surface area contributed by atoms with Gasteiger partial charge in [-0.3, -0.25) is 19.2 Å². The van der Waals surface area contributed by atoms with E-state index in [0.717, 1.165) is 32.4 Å². The molecule has 10 nitrogen and oxygen atoms in total. The van der Waals surface area contributed by atoms with Crippen molar-refractivity contribution in [1.82, 2.24) is 14.9 Å². The summed E-state index contributed by atoms with van der Waals surface area (Å²) in [5, 5.41) is 1.23. The monoisotopic (exact) mass is 561 g/mol. The molecule has 1 aliphatic heterocycles. The summed E-state index contributed by atoms with van der Waals surface area (Å²) in [6.07, 6.45) is 7.23. The normalized spacial score (nSPS) is 12.7. The number of likely N-dealkylation sites (tertiary alicyclic amines) is 1. The predicted octanol–water partition coefficient (Wildman–Crippen LogP) is 4.31. The van der Waals surface area contributed by atoms with Crippen molar-refractivity contribution in [3.05, 3.63) is 0 Å². The van der Waals surface area contributed by atoms with Crippen LogP contribution < -0.4 is 0 Å². The van der Waals surface area contributed by atoms with Crippen molar-refractivity contribution >= 4 is 17.7 Å². The molecule has 3 amide bonds. The van der Waals surface area contributed by atoms with Gasteiger partial charge in [0.1, 0.15) is 0 Å². The van der Waals surface area contributed by atoms with Gasteiger partial charge in [0, 0.05) is 73.3 Å². The molecule has 0 spiro atoms. The molecule has 0 aromatic rings. The van der Waals surface area contributed by atoms with Crippen molar-refractivity contribution in [2.75, 3.05) is 61.2 Å². The van der Waals surface area contributed by atoms with Crippen LogP contribution in [0, 0.1) is 0 Å². The van der Waals surface area contributed by atoms with Crippen LogP contribution in [0.2, 0.25) is 0 Å². The highest BCUT2D eigenvalue weighted by Gasteiger charge is 2.16. The standard InChI is InChI=1S/C11H21NO2.C9H19NO3.C9H19NO2/c1-10(2)14-9-5-6-11(13)12-7-3-4-8-12;1-8(2)13-7-5-6-9(11)10(3)12-4;1-8(2)12-7-5-6-9(11)10(3)4/h10H,3-9H2,1-2H3;8H,5-7H2,1-4H3;8H,5-7H2,1-4H3. The zero-order valence-corrected chi connectivity index (χ0v) is 26.6. The van der Waals surface area contributed by atoms with Crippen molar-refractivity contribution in [3.8, 4) is 0 Å². The van der Waals surface area contributed by atoms with E-state index in [1.165, 1.54) is 25.0 Å². The van der Waals surface area contributed by atoms with Gasteiger partial charge in [-0.2, -0.15) is 0 Å². The van der Waals surface area contributed by atoms with Crippen molar-refractivity contribution in [3.63, 3.8) is 0 Å². The van der Waals surface area contributed by atoms with E-state index in [0.29, 0.717) is 45.0 Å². The van der Waals surface area contributed by atoms with Gasteiger partial charge >= 0.3 is 0 Å². The summed E-state index contributed by atoms with van der Waals surface area (Å²) in [6, 6.07) is 0. The molecule has 1 saturated heterocycles. The van der Waals surface area contributed by atoms with E-state index in [1.54, 1.807) is 26.0 Å². The minimum Gasteiger partial charge on any atom is -0.379 e. The Hall–Kier alpha value is -1.75. The average Bonchev–Trinajstić information content (AvgIpc) is 3.42. The van der Waals surface area contributed by atoms with E-state index in [-0.39, 0.29) is 30.1 Å². The number of hydroxylamine groups is 2. The Labute approximate surface area is 238 Å². The van der Waals surface area contributed by atoms with E-state index >= 15 is 0 Å². The average molecular weight is 562 g/mol. The Morgan fingerprint density at radius 1 is 0.667 bits per heavy atom. The first-order chi connectivity index (χ1) is 18.3. The summed E-state index contributed by atoms with van der Waals surface area (Å²) < 4.78 is 16.0. The maximum absolute atomic E-state index is 11.6. The van der Waals surface area contributed by atoms with Gasteiger partial charge in [0.2, 0.25) is 17.7 Å². The van der Waals surface area contributed by atoms with Gasteiger partial charge in [-0.1, -0.05) is 0 Å². The second kappa shape index (κ2) is 25.2. The predicted molar refractivity (Wildman–Crippen MR) is 155 cm³/mol. The summed E-state index contributed by atoms with van der Waals surface area (Å²) >= 11 is 0. The second-order valence-corrected chi connectivity index (χ2v) is 10.5. The lowest BCUT2D eigenvalue weighted by atomic mass is 10.3. The van der Waals surface area contributed by atoms with E-state index in [9.17, 15) is 14.4 Å². The second-order valence-electron chi connectivity index (χ2n) is 10.5. The molecular weight excluding hydrogens is 502 g/mol. The van der Waals surface area contributed by atoms with Gasteiger partial charge in [-0.25, -0.2) is 5.06 Å². The number of nitrogens with zero attached hydrogens (tertiary/aromatic N) is 3. The molecule has 232 valence electrons. The number of amides is 3. The molecule has 0 bridgehead atoms. The van der Waals surface area contributed by atoms with Crippen LogP contribution in [-0.4, -0.2) is 112 Å². The Kier molecular flexibility index (Phi) is 25.5. The molecule has 0 unspecified atom stereocenters. The fourth-order valence-electron chi connectivity index (χ4n) is 3.23. The Morgan fingerprint density at radius 2 is 1.05 bits per heavy atom. The maximum atomic E-state index is 11.6. The molecule has 1 aliphatic rings. The molecule has 0 aliphatic carbocycles. The fraction of sp³-hybridized carbons (Fsp3) is 0.897. The lowest BCUT2D eigenvalue weighted by molar-refractivity contribution is -0.169. The maximum Gasteiger partial charge on any atom is 0.245 e. The fourth-order valence-corrected chi connectivity index (χ4v) is 3.23. The van der Waals surface area contributed by atoms with Crippen molar-refractivity contribution < 1.29 is 33.4 Å². The van der Waals surface area contributed by atoms with Crippen LogP contribution in [0.5, 0.6) is 0 Å². The summed E-state index contributed by atoms with van der Waals surface area (Å²) in [5.74, 6) is 0.451. The van der Waals surface area contributed by atoms with E-state index in [4.69, 9.17) is 19.0 Å². The van der Waals surface area contributed by atoms with Crippen molar-refractivity contribution in [1.29, 1.82) is 0 Å². The number of ether oxygens (including phenoxy) is 3. The lowest BCUT2D eigenvalue weighted by Gasteiger charge is -2.15. The number of hydrogen-bond donors (Lipinski definition) is 0. The van der Waals surface area contributed by atoms with Crippen molar-refractivity contribution in [2.45, 2.75) is 111 Å². The van der Waals surface area contributed by atoms with Crippen LogP contribution in [0.25, 0.3) is 0 Å². The van der Waals surface area contributed by atoms with Crippen LogP contribution >= 0.6 is 0 Å². The molecule has 0 aromatic carbocycles. The van der Waals surface area contributed by atoms with Crippen molar-refractivity contribution in [2.24, 2.45) is 0 Å². The zero-order valence-electron chi connectivity index (χ0n) is 26.6. The third-order valence-electron chi connectivity index (χ3n) is 5.54. The molecule has 0 radical (unpaired) electrons. The van der Waals surface area contributed by atoms with E-state index in [2.05, 4.69) is 0 Å². The van der Waals surface area contributed by atoms with Crippen LogP contribution in [-0.2, 0) is 33.4 Å². The molecule has 1 rings (SSSR count). The topological polar surface area (TPSA) is 97.9 Å². The quantitative estimate of drug-likeness (QED) is 0.205. The molecule has 0 atom stereocenters. The van der Waals surface area contributed by atoms with Crippen LogP contribution in [0.3, 0.4) is 0 Å². The lowest BCUT2D eigenvalue weighted by Crippen LogP contribution is -2.27. The van der Waals surface area contributed by atoms with E-state index < -0.39 is 0 Å². The largest absolute Gasteiger partial charge is 0.379 e.